The van der Waals surface area contributed by atoms with Crippen molar-refractivity contribution in [3.8, 4) is 46.5 Å². The second-order valence-corrected chi connectivity index (χ2v) is 15.4. The van der Waals surface area contributed by atoms with Gasteiger partial charge in [0, 0.05) is 11.1 Å². The molecule has 0 N–H and O–H groups in total. The number of unbranched alkanes of at least 4 members (excludes halogenated alkanes) is 18. The van der Waals surface area contributed by atoms with E-state index in [1.165, 1.54) is 103 Å². The SMILES string of the molecule is CCCCCCCCCCCCc1c2c(c(CCCCCCCCCCCC)c3c1-c1ccccc1C3=C(C#N)C#N)-c1ccccc1C2=C(C#N)C#N. The molecule has 54 heavy (non-hydrogen) atoms. The van der Waals surface area contributed by atoms with Crippen molar-refractivity contribution >= 4 is 11.1 Å². The van der Waals surface area contributed by atoms with Crippen molar-refractivity contribution in [3.63, 3.8) is 0 Å². The van der Waals surface area contributed by atoms with Gasteiger partial charge in [-0.15, -0.1) is 0 Å². The molecule has 5 rings (SSSR count). The molecule has 4 nitrogen and oxygen atoms in total. The number of hydrogen-bond donors (Lipinski definition) is 0. The summed E-state index contributed by atoms with van der Waals surface area (Å²) in [5.74, 6) is 0. The maximum Gasteiger partial charge on any atom is 0.138 e. The van der Waals surface area contributed by atoms with Crippen LogP contribution in [-0.2, 0) is 12.8 Å². The van der Waals surface area contributed by atoms with Gasteiger partial charge in [-0.25, -0.2) is 0 Å². The van der Waals surface area contributed by atoms with Crippen LogP contribution in [0, 0.1) is 45.3 Å². The van der Waals surface area contributed by atoms with Gasteiger partial charge in [0.15, 0.2) is 0 Å². The lowest BCUT2D eigenvalue weighted by Gasteiger charge is -2.22. The van der Waals surface area contributed by atoms with Crippen LogP contribution < -0.4 is 0 Å². The van der Waals surface area contributed by atoms with E-state index >= 15 is 0 Å². The van der Waals surface area contributed by atoms with Crippen LogP contribution >= 0.6 is 0 Å². The molecule has 0 aliphatic heterocycles. The molecule has 2 aliphatic carbocycles. The first-order valence-corrected chi connectivity index (χ1v) is 21.2. The molecule has 0 saturated heterocycles. The summed E-state index contributed by atoms with van der Waals surface area (Å²) in [5, 5.41) is 41.5. The Hall–Kier alpha value is -4.90. The Bertz CT molecular complexity index is 1820. The van der Waals surface area contributed by atoms with E-state index in [9.17, 15) is 21.0 Å². The molecule has 0 unspecified atom stereocenters. The van der Waals surface area contributed by atoms with Gasteiger partial charge in [0.25, 0.3) is 0 Å². The van der Waals surface area contributed by atoms with Crippen molar-refractivity contribution in [1.29, 1.82) is 21.0 Å². The highest BCUT2D eigenvalue weighted by atomic mass is 14.4. The summed E-state index contributed by atoms with van der Waals surface area (Å²) in [6, 6.07) is 25.6. The standard InChI is InChI=1S/C50H58N4/c1-3-5-7-9-11-13-15-17-19-21-31-43-47-41-29-25-23-27-39(41)46(38(35-53)36-54)50(47)44(32-22-20-18-16-14-12-10-8-6-4-2)48-42-30-26-24-28-40(42)45(49(43)48)37(33-51)34-52/h23-30H,3-22,31-32H2,1-2H3. The zero-order valence-electron chi connectivity index (χ0n) is 33.0. The minimum Gasteiger partial charge on any atom is -0.192 e. The van der Waals surface area contributed by atoms with Crippen molar-refractivity contribution in [2.24, 2.45) is 0 Å². The van der Waals surface area contributed by atoms with E-state index in [0.29, 0.717) is 0 Å². The largest absolute Gasteiger partial charge is 0.192 e. The van der Waals surface area contributed by atoms with Crippen molar-refractivity contribution < 1.29 is 0 Å². The predicted octanol–water partition coefficient (Wildman–Crippen LogP) is 14.3. The van der Waals surface area contributed by atoms with Crippen molar-refractivity contribution in [2.45, 2.75) is 155 Å². The average molecular weight is 715 g/mol. The molecule has 0 spiro atoms. The molecule has 0 heterocycles. The Kier molecular flexibility index (Phi) is 15.7. The molecule has 0 radical (unpaired) electrons. The molecule has 0 atom stereocenters. The number of fused-ring (bicyclic) bond motifs is 6. The highest BCUT2D eigenvalue weighted by molar-refractivity contribution is 6.14. The van der Waals surface area contributed by atoms with E-state index in [1.54, 1.807) is 0 Å². The molecule has 278 valence electrons. The van der Waals surface area contributed by atoms with E-state index in [1.807, 2.05) is 24.3 Å². The number of hydrogen-bond acceptors (Lipinski definition) is 4. The van der Waals surface area contributed by atoms with Crippen LogP contribution in [0.5, 0.6) is 0 Å². The summed E-state index contributed by atoms with van der Waals surface area (Å²) in [6.07, 6.45) is 26.4. The third-order valence-electron chi connectivity index (χ3n) is 11.6. The van der Waals surface area contributed by atoms with Crippen molar-refractivity contribution in [3.05, 3.63) is 93.1 Å². The quantitative estimate of drug-likeness (QED) is 0.0526. The third kappa shape index (κ3) is 9.06. The smallest absolute Gasteiger partial charge is 0.138 e. The van der Waals surface area contributed by atoms with Gasteiger partial charge in [-0.05, 0) is 81.3 Å². The Morgan fingerprint density at radius 2 is 0.648 bits per heavy atom. The highest BCUT2D eigenvalue weighted by Crippen LogP contribution is 2.58. The molecule has 0 fully saturated rings. The van der Waals surface area contributed by atoms with Gasteiger partial charge in [0.05, 0.1) is 0 Å². The zero-order chi connectivity index (χ0) is 38.1. The molecule has 3 aromatic rings. The van der Waals surface area contributed by atoms with Crippen LogP contribution in [-0.4, -0.2) is 0 Å². The Labute approximate surface area is 325 Å². The monoisotopic (exact) mass is 714 g/mol. The number of nitriles is 4. The van der Waals surface area contributed by atoms with E-state index in [-0.39, 0.29) is 11.1 Å². The second-order valence-electron chi connectivity index (χ2n) is 15.4. The second kappa shape index (κ2) is 21.1. The van der Waals surface area contributed by atoms with Gasteiger partial charge in [0.1, 0.15) is 35.4 Å². The normalized spacial score (nSPS) is 11.9. The lowest BCUT2D eigenvalue weighted by molar-refractivity contribution is 0.556. The summed E-state index contributed by atoms with van der Waals surface area (Å²) in [6.45, 7) is 4.52. The van der Waals surface area contributed by atoms with Crippen LogP contribution in [0.3, 0.4) is 0 Å². The van der Waals surface area contributed by atoms with Crippen LogP contribution in [0.15, 0.2) is 59.7 Å². The van der Waals surface area contributed by atoms with Gasteiger partial charge in [-0.3, -0.25) is 0 Å². The fourth-order valence-electron chi connectivity index (χ4n) is 8.98. The Morgan fingerprint density at radius 3 is 0.944 bits per heavy atom. The number of rotatable bonds is 22. The first kappa shape index (κ1) is 40.3. The zero-order valence-corrected chi connectivity index (χ0v) is 33.0. The first-order chi connectivity index (χ1) is 26.7. The lowest BCUT2D eigenvalue weighted by Crippen LogP contribution is -2.06. The Morgan fingerprint density at radius 1 is 0.370 bits per heavy atom. The van der Waals surface area contributed by atoms with Gasteiger partial charge in [-0.1, -0.05) is 178 Å². The molecule has 4 heteroatoms. The van der Waals surface area contributed by atoms with Crippen molar-refractivity contribution in [1.82, 2.24) is 0 Å². The molecular formula is C50H58N4. The molecule has 0 amide bonds. The third-order valence-corrected chi connectivity index (χ3v) is 11.6. The average Bonchev–Trinajstić information content (AvgIpc) is 3.72. The fraction of sp³-hybridized carbons (Fsp3) is 0.480. The minimum atomic E-state index is 0.146. The number of nitrogens with zero attached hydrogens (tertiary/aromatic N) is 4. The van der Waals surface area contributed by atoms with Crippen LogP contribution in [0.25, 0.3) is 33.4 Å². The summed E-state index contributed by atoms with van der Waals surface area (Å²) < 4.78 is 0. The molecule has 0 saturated carbocycles. The van der Waals surface area contributed by atoms with Crippen molar-refractivity contribution in [2.75, 3.05) is 0 Å². The highest BCUT2D eigenvalue weighted by Gasteiger charge is 2.39. The minimum absolute atomic E-state index is 0.146. The summed E-state index contributed by atoms with van der Waals surface area (Å²) >= 11 is 0. The number of allylic oxidation sites excluding steroid dienone is 2. The topological polar surface area (TPSA) is 95.2 Å². The van der Waals surface area contributed by atoms with Gasteiger partial charge < -0.3 is 0 Å². The predicted molar refractivity (Wildman–Crippen MR) is 223 cm³/mol. The first-order valence-electron chi connectivity index (χ1n) is 21.2. The number of benzene rings is 3. The maximum atomic E-state index is 10.4. The fourth-order valence-corrected chi connectivity index (χ4v) is 8.98. The van der Waals surface area contributed by atoms with Crippen LogP contribution in [0.2, 0.25) is 0 Å². The van der Waals surface area contributed by atoms with Crippen LogP contribution in [0.4, 0.5) is 0 Å². The molecule has 0 aromatic heterocycles. The van der Waals surface area contributed by atoms with Crippen LogP contribution in [0.1, 0.15) is 176 Å². The summed E-state index contributed by atoms with van der Waals surface area (Å²) in [5.41, 5.74) is 12.3. The molecule has 0 bridgehead atoms. The lowest BCUT2D eigenvalue weighted by atomic mass is 9.80. The summed E-state index contributed by atoms with van der Waals surface area (Å²) in [7, 11) is 0. The van der Waals surface area contributed by atoms with E-state index in [4.69, 9.17) is 0 Å². The molecule has 2 aliphatic rings. The van der Waals surface area contributed by atoms with E-state index in [2.05, 4.69) is 62.4 Å². The van der Waals surface area contributed by atoms with E-state index in [0.717, 1.165) is 105 Å². The summed E-state index contributed by atoms with van der Waals surface area (Å²) in [4.78, 5) is 0. The maximum absolute atomic E-state index is 10.4. The molecular weight excluding hydrogens is 657 g/mol. The van der Waals surface area contributed by atoms with E-state index < -0.39 is 0 Å². The Balaban J connectivity index is 1.59. The van der Waals surface area contributed by atoms with Gasteiger partial charge in [0.2, 0.25) is 0 Å². The van der Waals surface area contributed by atoms with Gasteiger partial charge in [-0.2, -0.15) is 21.0 Å². The van der Waals surface area contributed by atoms with Gasteiger partial charge >= 0.3 is 0 Å². The molecule has 3 aromatic carbocycles.